The molecule has 2 heterocycles. The van der Waals surface area contributed by atoms with Crippen molar-refractivity contribution in [1.82, 2.24) is 0 Å². The van der Waals surface area contributed by atoms with Gasteiger partial charge in [-0.15, -0.1) is 0 Å². The van der Waals surface area contributed by atoms with E-state index in [0.29, 0.717) is 11.1 Å². The minimum absolute atomic E-state index is 0.0987. The van der Waals surface area contributed by atoms with Gasteiger partial charge in [-0.1, -0.05) is 0 Å². The lowest BCUT2D eigenvalue weighted by atomic mass is 9.83. The van der Waals surface area contributed by atoms with Crippen molar-refractivity contribution in [2.45, 2.75) is 49.3 Å². The summed E-state index contributed by atoms with van der Waals surface area (Å²) in [5.41, 5.74) is 1.01. The van der Waals surface area contributed by atoms with E-state index in [1.165, 1.54) is 40.6 Å². The SMILES string of the molecule is COc1cc(C(O)CC2COC(c3cc(OC)c(O)c(OC)c3)C2COC2OC(CO)C(O)C(O)C2O)cc(OC)c1O. The molecule has 7 N–H and O–H groups in total. The third-order valence-corrected chi connectivity index (χ3v) is 8.03. The maximum atomic E-state index is 11.3. The van der Waals surface area contributed by atoms with Crippen LogP contribution in [0.4, 0.5) is 0 Å². The highest BCUT2D eigenvalue weighted by Crippen LogP contribution is 2.48. The van der Waals surface area contributed by atoms with E-state index in [0.717, 1.165) is 0 Å². The van der Waals surface area contributed by atoms with Gasteiger partial charge in [0.25, 0.3) is 0 Å². The summed E-state index contributed by atoms with van der Waals surface area (Å²) in [4.78, 5) is 0. The Morgan fingerprint density at radius 3 is 1.86 bits per heavy atom. The number of rotatable bonds is 12. The maximum absolute atomic E-state index is 11.3. The van der Waals surface area contributed by atoms with Gasteiger partial charge in [0.15, 0.2) is 29.3 Å². The second kappa shape index (κ2) is 14.1. The Balaban J connectivity index is 1.63. The highest BCUT2D eigenvalue weighted by atomic mass is 16.7. The minimum Gasteiger partial charge on any atom is -0.502 e. The molecule has 2 aromatic carbocycles. The Hall–Kier alpha value is -3.08. The zero-order valence-corrected chi connectivity index (χ0v) is 24.3. The van der Waals surface area contributed by atoms with Crippen LogP contribution in [0.1, 0.15) is 29.8 Å². The molecule has 14 heteroatoms. The number of phenols is 2. The van der Waals surface area contributed by atoms with E-state index >= 15 is 0 Å². The lowest BCUT2D eigenvalue weighted by Gasteiger charge is -2.40. The van der Waals surface area contributed by atoms with Crippen LogP contribution in [-0.2, 0) is 14.2 Å². The lowest BCUT2D eigenvalue weighted by molar-refractivity contribution is -0.304. The fourth-order valence-electron chi connectivity index (χ4n) is 5.55. The van der Waals surface area contributed by atoms with Crippen LogP contribution in [-0.4, -0.2) is 115 Å². The van der Waals surface area contributed by atoms with Crippen LogP contribution >= 0.6 is 0 Å². The van der Waals surface area contributed by atoms with Gasteiger partial charge in [-0.25, -0.2) is 0 Å². The molecule has 2 aromatic rings. The molecule has 2 fully saturated rings. The Bertz CT molecular complexity index is 1170. The Kier molecular flexibility index (Phi) is 10.8. The summed E-state index contributed by atoms with van der Waals surface area (Å²) in [5.74, 6) is -0.672. The van der Waals surface area contributed by atoms with Gasteiger partial charge in [0.1, 0.15) is 24.4 Å². The summed E-state index contributed by atoms with van der Waals surface area (Å²) < 4.78 is 38.7. The van der Waals surface area contributed by atoms with Gasteiger partial charge in [0, 0.05) is 5.92 Å². The first-order valence-corrected chi connectivity index (χ1v) is 13.7. The highest BCUT2D eigenvalue weighted by molar-refractivity contribution is 5.54. The van der Waals surface area contributed by atoms with Crippen molar-refractivity contribution in [3.8, 4) is 34.5 Å². The zero-order valence-electron chi connectivity index (χ0n) is 24.3. The van der Waals surface area contributed by atoms with E-state index < -0.39 is 55.4 Å². The average molecular weight is 613 g/mol. The van der Waals surface area contributed by atoms with Crippen LogP contribution < -0.4 is 18.9 Å². The Labute approximate surface area is 248 Å². The molecular weight excluding hydrogens is 572 g/mol. The Morgan fingerprint density at radius 1 is 0.814 bits per heavy atom. The average Bonchev–Trinajstić information content (AvgIpc) is 3.41. The molecule has 4 rings (SSSR count). The number of benzene rings is 2. The molecule has 2 saturated heterocycles. The largest absolute Gasteiger partial charge is 0.502 e. The van der Waals surface area contributed by atoms with Gasteiger partial charge < -0.3 is 68.9 Å². The predicted molar refractivity (Wildman–Crippen MR) is 147 cm³/mol. The van der Waals surface area contributed by atoms with E-state index in [-0.39, 0.29) is 60.0 Å². The molecule has 43 heavy (non-hydrogen) atoms. The predicted octanol–water partition coefficient (Wildman–Crippen LogP) is 0.376. The van der Waals surface area contributed by atoms with Crippen LogP contribution in [0.2, 0.25) is 0 Å². The van der Waals surface area contributed by atoms with Crippen LogP contribution in [0.15, 0.2) is 24.3 Å². The highest BCUT2D eigenvalue weighted by Gasteiger charge is 2.46. The van der Waals surface area contributed by atoms with Gasteiger partial charge in [-0.05, 0) is 47.7 Å². The fraction of sp³-hybridized carbons (Fsp3) is 0.586. The summed E-state index contributed by atoms with van der Waals surface area (Å²) in [6.07, 6.45) is -8.82. The van der Waals surface area contributed by atoms with E-state index in [4.69, 9.17) is 33.2 Å². The van der Waals surface area contributed by atoms with Crippen molar-refractivity contribution in [3.63, 3.8) is 0 Å². The molecule has 9 unspecified atom stereocenters. The van der Waals surface area contributed by atoms with Crippen LogP contribution in [0.3, 0.4) is 0 Å². The van der Waals surface area contributed by atoms with Crippen LogP contribution in [0.25, 0.3) is 0 Å². The number of methoxy groups -OCH3 is 4. The minimum atomic E-state index is -1.62. The second-order valence-corrected chi connectivity index (χ2v) is 10.5. The van der Waals surface area contributed by atoms with Crippen molar-refractivity contribution in [3.05, 3.63) is 35.4 Å². The number of aliphatic hydroxyl groups is 5. The van der Waals surface area contributed by atoms with Gasteiger partial charge in [-0.2, -0.15) is 0 Å². The third-order valence-electron chi connectivity index (χ3n) is 8.03. The monoisotopic (exact) mass is 612 g/mol. The van der Waals surface area contributed by atoms with E-state index in [2.05, 4.69) is 0 Å². The molecule has 0 spiro atoms. The summed E-state index contributed by atoms with van der Waals surface area (Å²) in [5, 5.41) is 72.4. The van der Waals surface area contributed by atoms with Gasteiger partial charge in [-0.3, -0.25) is 0 Å². The maximum Gasteiger partial charge on any atom is 0.200 e. The topological polar surface area (TPSA) is 206 Å². The van der Waals surface area contributed by atoms with Crippen LogP contribution in [0, 0.1) is 11.8 Å². The summed E-state index contributed by atoms with van der Waals surface area (Å²) in [6, 6.07) is 6.20. The summed E-state index contributed by atoms with van der Waals surface area (Å²) in [6.45, 7) is -0.526. The molecule has 9 atom stereocenters. The van der Waals surface area contributed by atoms with Crippen molar-refractivity contribution in [2.75, 3.05) is 48.3 Å². The standard InChI is InChI=1S/C29H40O14/c1-37-18-6-13(7-19(38-2)23(18)32)17(31)5-15-11-41-28(14-8-20(39-3)24(33)21(9-14)40-4)16(15)12-42-29-27(36)26(35)25(34)22(10-30)43-29/h6-9,15-17,22,25-36H,5,10-12H2,1-4H3. The van der Waals surface area contributed by atoms with Crippen molar-refractivity contribution < 1.29 is 68.9 Å². The van der Waals surface area contributed by atoms with Gasteiger partial charge in [0.2, 0.25) is 11.5 Å². The van der Waals surface area contributed by atoms with Gasteiger partial charge in [0.05, 0.1) is 60.5 Å². The first kappa shape index (κ1) is 32.8. The summed E-state index contributed by atoms with van der Waals surface area (Å²) >= 11 is 0. The van der Waals surface area contributed by atoms with E-state index in [9.17, 15) is 35.7 Å². The lowest BCUT2D eigenvalue weighted by Crippen LogP contribution is -2.59. The van der Waals surface area contributed by atoms with Crippen LogP contribution in [0.5, 0.6) is 34.5 Å². The molecule has 0 bridgehead atoms. The number of aliphatic hydroxyl groups excluding tert-OH is 5. The normalized spacial score (nSPS) is 29.7. The van der Waals surface area contributed by atoms with Gasteiger partial charge >= 0.3 is 0 Å². The molecule has 0 aliphatic carbocycles. The first-order valence-electron chi connectivity index (χ1n) is 13.7. The molecule has 2 aliphatic rings. The first-order chi connectivity index (χ1) is 20.6. The second-order valence-electron chi connectivity index (χ2n) is 10.5. The molecule has 14 nitrogen and oxygen atoms in total. The summed E-state index contributed by atoms with van der Waals surface area (Å²) in [7, 11) is 5.55. The fourth-order valence-corrected chi connectivity index (χ4v) is 5.55. The Morgan fingerprint density at radius 2 is 1.35 bits per heavy atom. The third kappa shape index (κ3) is 6.71. The smallest absolute Gasteiger partial charge is 0.200 e. The molecule has 0 amide bonds. The number of hydrogen-bond acceptors (Lipinski definition) is 14. The quantitative estimate of drug-likeness (QED) is 0.173. The molecular formula is C29H40O14. The zero-order chi connectivity index (χ0) is 31.4. The molecule has 2 aliphatic heterocycles. The number of phenolic OH excluding ortho intramolecular Hbond substituents is 2. The molecule has 0 saturated carbocycles. The molecule has 240 valence electrons. The van der Waals surface area contributed by atoms with Crippen molar-refractivity contribution >= 4 is 0 Å². The van der Waals surface area contributed by atoms with Crippen molar-refractivity contribution in [2.24, 2.45) is 11.8 Å². The van der Waals surface area contributed by atoms with E-state index in [1.807, 2.05) is 0 Å². The van der Waals surface area contributed by atoms with Crippen molar-refractivity contribution in [1.29, 1.82) is 0 Å². The van der Waals surface area contributed by atoms with E-state index in [1.54, 1.807) is 12.1 Å². The number of ether oxygens (including phenoxy) is 7. The number of aromatic hydroxyl groups is 2. The molecule has 0 aromatic heterocycles. The number of hydrogen-bond donors (Lipinski definition) is 7. The molecule has 0 radical (unpaired) electrons.